The Kier molecular flexibility index (Phi) is 8.19. The number of fused-ring (bicyclic) bond motifs is 1. The lowest BCUT2D eigenvalue weighted by atomic mass is 10.1. The number of hydrogen-bond acceptors (Lipinski definition) is 6. The molecule has 1 aliphatic rings. The van der Waals surface area contributed by atoms with Gasteiger partial charge in [0.1, 0.15) is 11.5 Å². The van der Waals surface area contributed by atoms with Crippen LogP contribution >= 0.6 is 0 Å². The maximum atomic E-state index is 14.8. The minimum atomic E-state index is -4.92. The molecule has 12 heteroatoms. The number of halogens is 4. The van der Waals surface area contributed by atoms with Gasteiger partial charge >= 0.3 is 6.18 Å². The van der Waals surface area contributed by atoms with Gasteiger partial charge in [0.25, 0.3) is 5.91 Å². The molecule has 0 unspecified atom stereocenters. The average Bonchev–Trinajstić information content (AvgIpc) is 3.61. The van der Waals surface area contributed by atoms with Crippen LogP contribution in [0.4, 0.5) is 28.9 Å². The highest BCUT2D eigenvalue weighted by Crippen LogP contribution is 2.35. The van der Waals surface area contributed by atoms with Crippen molar-refractivity contribution in [3.05, 3.63) is 100 Å². The summed E-state index contributed by atoms with van der Waals surface area (Å²) in [7, 11) is 0. The van der Waals surface area contributed by atoms with Crippen molar-refractivity contribution in [1.82, 2.24) is 14.9 Å². The van der Waals surface area contributed by atoms with Crippen molar-refractivity contribution in [1.29, 1.82) is 0 Å². The lowest BCUT2D eigenvalue weighted by Crippen LogP contribution is -2.27. The van der Waals surface area contributed by atoms with Crippen LogP contribution in [-0.4, -0.2) is 33.9 Å². The first kappa shape index (κ1) is 29.1. The third-order valence-electron chi connectivity index (χ3n) is 7.22. The van der Waals surface area contributed by atoms with E-state index in [0.717, 1.165) is 35.0 Å². The van der Waals surface area contributed by atoms with Crippen molar-refractivity contribution >= 4 is 28.3 Å². The summed E-state index contributed by atoms with van der Waals surface area (Å²) in [6, 6.07) is 10.5. The first-order chi connectivity index (χ1) is 20.0. The maximum absolute atomic E-state index is 14.8. The van der Waals surface area contributed by atoms with E-state index in [9.17, 15) is 22.4 Å². The van der Waals surface area contributed by atoms with Crippen molar-refractivity contribution < 1.29 is 22.4 Å². The van der Waals surface area contributed by atoms with Gasteiger partial charge in [-0.3, -0.25) is 14.7 Å². The second-order valence-electron chi connectivity index (χ2n) is 10.5. The number of alkyl halides is 3. The molecule has 6 N–H and O–H groups in total. The molecule has 8 nitrogen and oxygen atoms in total. The fourth-order valence-electron chi connectivity index (χ4n) is 5.10. The number of carbonyl (C=O) groups is 1. The van der Waals surface area contributed by atoms with Gasteiger partial charge in [-0.2, -0.15) is 13.2 Å². The number of aryl methyl sites for hydroxylation is 1. The van der Waals surface area contributed by atoms with Gasteiger partial charge in [-0.25, -0.2) is 15.2 Å². The summed E-state index contributed by atoms with van der Waals surface area (Å²) >= 11 is 0. The van der Waals surface area contributed by atoms with E-state index in [1.54, 1.807) is 25.4 Å². The molecule has 0 atom stereocenters. The molecule has 42 heavy (non-hydrogen) atoms. The van der Waals surface area contributed by atoms with Crippen LogP contribution in [0, 0.1) is 12.7 Å². The van der Waals surface area contributed by atoms with Gasteiger partial charge in [-0.05, 0) is 80.4 Å². The molecule has 0 bridgehead atoms. The number of allylic oxidation sites excluding steroid dienone is 1. The largest absolute Gasteiger partial charge is 0.419 e. The Labute approximate surface area is 240 Å². The summed E-state index contributed by atoms with van der Waals surface area (Å²) in [4.78, 5) is 22.4. The molecule has 1 fully saturated rings. The molecular weight excluding hydrogens is 550 g/mol. The zero-order chi connectivity index (χ0) is 30.0. The van der Waals surface area contributed by atoms with Crippen molar-refractivity contribution in [3.8, 4) is 0 Å². The number of nitrogens with two attached hydrogens (primary N) is 2. The second kappa shape index (κ2) is 11.8. The summed E-state index contributed by atoms with van der Waals surface area (Å²) in [6.07, 6.45) is 2.31. The number of carbonyl (C=O) groups excluding carboxylic acids is 1. The molecule has 4 aromatic rings. The van der Waals surface area contributed by atoms with Gasteiger partial charge in [-0.1, -0.05) is 6.07 Å². The monoisotopic (exact) mass is 581 g/mol. The van der Waals surface area contributed by atoms with E-state index in [1.807, 2.05) is 17.0 Å². The SMILES string of the molecule is Cc1ccc(C(=O)Nc2cc(CN3CCCC3)c(F)c(C(F)(F)F)c2)cc1N(N)/C=C(\N)Cc1cnc2[nH]ccc2c1. The van der Waals surface area contributed by atoms with Crippen LogP contribution in [0.15, 0.2) is 66.8 Å². The minimum Gasteiger partial charge on any atom is -0.401 e. The lowest BCUT2D eigenvalue weighted by Gasteiger charge is -2.20. The summed E-state index contributed by atoms with van der Waals surface area (Å²) in [5.74, 6) is 4.29. The highest BCUT2D eigenvalue weighted by molar-refractivity contribution is 6.05. The van der Waals surface area contributed by atoms with Crippen molar-refractivity contribution in [2.75, 3.05) is 23.4 Å². The van der Waals surface area contributed by atoms with Crippen molar-refractivity contribution in [2.45, 2.75) is 38.9 Å². The summed E-state index contributed by atoms with van der Waals surface area (Å²) in [5, 5.41) is 4.74. The number of rotatable bonds is 8. The van der Waals surface area contributed by atoms with E-state index in [-0.39, 0.29) is 23.4 Å². The van der Waals surface area contributed by atoms with Crippen LogP contribution < -0.4 is 21.9 Å². The number of nitrogens with one attached hydrogen (secondary N) is 2. The quantitative estimate of drug-likeness (QED) is 0.122. The van der Waals surface area contributed by atoms with E-state index in [0.29, 0.717) is 37.0 Å². The van der Waals surface area contributed by atoms with Crippen LogP contribution in [-0.2, 0) is 19.1 Å². The highest BCUT2D eigenvalue weighted by Gasteiger charge is 2.36. The van der Waals surface area contributed by atoms with Gasteiger partial charge in [0.15, 0.2) is 0 Å². The fraction of sp³-hybridized carbons (Fsp3) is 0.267. The number of hydrazine groups is 1. The number of amides is 1. The standard InChI is InChI=1S/C30H31F4N7O/c1-18-4-5-21(13-26(18)41(36)17-23(35)11-19-10-20-6-7-37-28(20)38-15-19)29(42)39-24-12-22(16-40-8-2-3-9-40)27(31)25(14-24)30(32,33)34/h4-7,10,12-15,17H,2-3,8-9,11,16,35-36H2,1H3,(H,37,38)(H,39,42)/b23-17-. The molecule has 2 aromatic heterocycles. The smallest absolute Gasteiger partial charge is 0.401 e. The third kappa shape index (κ3) is 6.55. The number of pyridine rings is 1. The Balaban J connectivity index is 1.35. The lowest BCUT2D eigenvalue weighted by molar-refractivity contribution is -0.140. The van der Waals surface area contributed by atoms with Gasteiger partial charge < -0.3 is 16.0 Å². The van der Waals surface area contributed by atoms with Crippen LogP contribution in [0.1, 0.15) is 45.5 Å². The van der Waals surface area contributed by atoms with E-state index in [1.165, 1.54) is 29.4 Å². The van der Waals surface area contributed by atoms with Crippen LogP contribution in [0.25, 0.3) is 11.0 Å². The molecule has 0 saturated carbocycles. The maximum Gasteiger partial charge on any atom is 0.419 e. The molecule has 5 rings (SSSR count). The number of benzene rings is 2. The zero-order valence-corrected chi connectivity index (χ0v) is 22.9. The molecule has 1 saturated heterocycles. The van der Waals surface area contributed by atoms with Gasteiger partial charge in [0.05, 0.1) is 11.3 Å². The Morgan fingerprint density at radius 3 is 2.67 bits per heavy atom. The third-order valence-corrected chi connectivity index (χ3v) is 7.22. The van der Waals surface area contributed by atoms with Gasteiger partial charge in [0.2, 0.25) is 0 Å². The number of hydrogen-bond donors (Lipinski definition) is 4. The Morgan fingerprint density at radius 2 is 1.93 bits per heavy atom. The van der Waals surface area contributed by atoms with E-state index < -0.39 is 23.5 Å². The molecule has 3 heterocycles. The van der Waals surface area contributed by atoms with E-state index >= 15 is 0 Å². The predicted octanol–water partition coefficient (Wildman–Crippen LogP) is 5.60. The topological polar surface area (TPSA) is 116 Å². The molecule has 0 radical (unpaired) electrons. The number of likely N-dealkylation sites (tertiary alicyclic amines) is 1. The fourth-order valence-corrected chi connectivity index (χ4v) is 5.10. The van der Waals surface area contributed by atoms with Crippen molar-refractivity contribution in [2.24, 2.45) is 11.6 Å². The Bertz CT molecular complexity index is 1640. The molecule has 1 aliphatic heterocycles. The number of nitrogens with zero attached hydrogens (tertiary/aromatic N) is 3. The first-order valence-corrected chi connectivity index (χ1v) is 13.4. The summed E-state index contributed by atoms with van der Waals surface area (Å²) < 4.78 is 55.8. The molecule has 1 amide bonds. The van der Waals surface area contributed by atoms with Crippen LogP contribution in [0.3, 0.4) is 0 Å². The van der Waals surface area contributed by atoms with E-state index in [2.05, 4.69) is 15.3 Å². The molecule has 220 valence electrons. The first-order valence-electron chi connectivity index (χ1n) is 13.4. The molecular formula is C30H31F4N7O. The van der Waals surface area contributed by atoms with Crippen LogP contribution in [0.5, 0.6) is 0 Å². The summed E-state index contributed by atoms with van der Waals surface area (Å²) in [5.41, 5.74) is 8.02. The molecule has 2 aromatic carbocycles. The predicted molar refractivity (Wildman–Crippen MR) is 154 cm³/mol. The van der Waals surface area contributed by atoms with Crippen molar-refractivity contribution in [3.63, 3.8) is 0 Å². The minimum absolute atomic E-state index is 0.0261. The number of anilines is 2. The van der Waals surface area contributed by atoms with Crippen LogP contribution in [0.2, 0.25) is 0 Å². The second-order valence-corrected chi connectivity index (χ2v) is 10.5. The van der Waals surface area contributed by atoms with Gasteiger partial charge in [0, 0.05) is 59.5 Å². The Hall–Kier alpha value is -4.42. The molecule has 0 spiro atoms. The van der Waals surface area contributed by atoms with E-state index in [4.69, 9.17) is 11.6 Å². The number of aromatic nitrogens is 2. The average molecular weight is 582 g/mol. The Morgan fingerprint density at radius 1 is 1.17 bits per heavy atom. The highest BCUT2D eigenvalue weighted by atomic mass is 19.4. The normalized spacial score (nSPS) is 14.5. The zero-order valence-electron chi connectivity index (χ0n) is 22.9. The molecule has 0 aliphatic carbocycles. The summed E-state index contributed by atoms with van der Waals surface area (Å²) in [6.45, 7) is 3.18. The number of aromatic amines is 1. The van der Waals surface area contributed by atoms with Gasteiger partial charge in [-0.15, -0.1) is 0 Å². The number of H-pyrrole nitrogens is 1.